The highest BCUT2D eigenvalue weighted by molar-refractivity contribution is 8.18. The molecule has 0 radical (unpaired) electrons. The van der Waals surface area contributed by atoms with Crippen molar-refractivity contribution in [1.29, 1.82) is 0 Å². The fourth-order valence-electron chi connectivity index (χ4n) is 2.82. The summed E-state index contributed by atoms with van der Waals surface area (Å²) >= 11 is 0.668. The van der Waals surface area contributed by atoms with E-state index < -0.39 is 29.4 Å². The van der Waals surface area contributed by atoms with E-state index in [1.165, 1.54) is 29.2 Å². The monoisotopic (exact) mass is 414 g/mol. The number of nitrogens with zero attached hydrogens (tertiary/aromatic N) is 2. The Kier molecular flexibility index (Phi) is 6.79. The van der Waals surface area contributed by atoms with E-state index >= 15 is 0 Å². The van der Waals surface area contributed by atoms with Gasteiger partial charge < -0.3 is 10.0 Å². The van der Waals surface area contributed by atoms with Crippen molar-refractivity contribution in [2.24, 2.45) is 0 Å². The number of rotatable bonds is 7. The van der Waals surface area contributed by atoms with E-state index in [-0.39, 0.29) is 30.2 Å². The third-order valence-corrected chi connectivity index (χ3v) is 5.21. The van der Waals surface area contributed by atoms with E-state index in [0.29, 0.717) is 11.8 Å². The molecule has 3 amide bonds. The molecule has 2 aromatic rings. The van der Waals surface area contributed by atoms with E-state index in [0.717, 1.165) is 10.5 Å². The van der Waals surface area contributed by atoms with Crippen LogP contribution in [0.1, 0.15) is 11.1 Å². The largest absolute Gasteiger partial charge is 0.395 e. The molecular weight excluding hydrogens is 395 g/mol. The predicted octanol–water partition coefficient (Wildman–Crippen LogP) is 2.88. The molecule has 29 heavy (non-hydrogen) atoms. The zero-order chi connectivity index (χ0) is 20.8. The molecule has 8 heteroatoms. The lowest BCUT2D eigenvalue weighted by Crippen LogP contribution is -2.42. The molecule has 1 N–H and O–H groups in total. The number of hydrogen-bond donors (Lipinski definition) is 1. The van der Waals surface area contributed by atoms with Crippen molar-refractivity contribution in [3.8, 4) is 0 Å². The second-order valence-electron chi connectivity index (χ2n) is 6.31. The Labute approximate surface area is 171 Å². The average Bonchev–Trinajstić information content (AvgIpc) is 2.97. The maximum absolute atomic E-state index is 13.8. The standard InChI is InChI=1S/C21H19FN2O4S/c22-17-9-5-4-8-16(17)12-18-20(27)24(21(28)29-18)14-19(26)23(10-11-25)13-15-6-2-1-3-7-15/h1-9,12,25H,10-11,13-14H2/b18-12-. The van der Waals surface area contributed by atoms with Gasteiger partial charge in [0.1, 0.15) is 12.4 Å². The van der Waals surface area contributed by atoms with E-state index in [1.807, 2.05) is 30.3 Å². The van der Waals surface area contributed by atoms with Crippen LogP contribution in [-0.2, 0) is 16.1 Å². The molecule has 1 aliphatic heterocycles. The van der Waals surface area contributed by atoms with Crippen LogP contribution in [0.15, 0.2) is 59.5 Å². The first-order valence-electron chi connectivity index (χ1n) is 8.92. The van der Waals surface area contributed by atoms with Crippen LogP contribution in [0.4, 0.5) is 9.18 Å². The van der Waals surface area contributed by atoms with Crippen LogP contribution in [0.5, 0.6) is 0 Å². The fraction of sp³-hybridized carbons (Fsp3) is 0.190. The number of benzene rings is 2. The number of thioether (sulfide) groups is 1. The molecule has 0 unspecified atom stereocenters. The van der Waals surface area contributed by atoms with Crippen LogP contribution < -0.4 is 0 Å². The zero-order valence-corrected chi connectivity index (χ0v) is 16.3. The van der Waals surface area contributed by atoms with Crippen molar-refractivity contribution in [3.63, 3.8) is 0 Å². The maximum Gasteiger partial charge on any atom is 0.294 e. The Bertz CT molecular complexity index is 949. The van der Waals surface area contributed by atoms with Crippen LogP contribution in [0.25, 0.3) is 6.08 Å². The molecule has 1 aliphatic rings. The molecule has 1 saturated heterocycles. The molecule has 1 fully saturated rings. The maximum atomic E-state index is 13.8. The summed E-state index contributed by atoms with van der Waals surface area (Å²) in [6, 6.07) is 15.1. The predicted molar refractivity (Wildman–Crippen MR) is 108 cm³/mol. The Hall–Kier alpha value is -2.97. The Morgan fingerprint density at radius 2 is 1.79 bits per heavy atom. The molecule has 0 bridgehead atoms. The lowest BCUT2D eigenvalue weighted by atomic mass is 10.2. The topological polar surface area (TPSA) is 77.9 Å². The molecule has 0 saturated carbocycles. The van der Waals surface area contributed by atoms with Crippen LogP contribution >= 0.6 is 11.8 Å². The van der Waals surface area contributed by atoms with Gasteiger partial charge in [-0.3, -0.25) is 19.3 Å². The van der Waals surface area contributed by atoms with Gasteiger partial charge in [-0.25, -0.2) is 4.39 Å². The van der Waals surface area contributed by atoms with Crippen LogP contribution in [0, 0.1) is 5.82 Å². The first-order valence-corrected chi connectivity index (χ1v) is 9.73. The van der Waals surface area contributed by atoms with Crippen LogP contribution in [0.3, 0.4) is 0 Å². The van der Waals surface area contributed by atoms with Crippen molar-refractivity contribution in [3.05, 3.63) is 76.4 Å². The summed E-state index contributed by atoms with van der Waals surface area (Å²) in [5.74, 6) is -1.61. The summed E-state index contributed by atoms with van der Waals surface area (Å²) in [4.78, 5) is 39.8. The van der Waals surface area contributed by atoms with Gasteiger partial charge in [-0.2, -0.15) is 0 Å². The lowest BCUT2D eigenvalue weighted by molar-refractivity contribution is -0.136. The van der Waals surface area contributed by atoms with Crippen LogP contribution in [0.2, 0.25) is 0 Å². The second-order valence-corrected chi connectivity index (χ2v) is 7.31. The molecule has 1 heterocycles. The number of halogens is 1. The number of carbonyl (C=O) groups is 3. The minimum absolute atomic E-state index is 0.0599. The van der Waals surface area contributed by atoms with Gasteiger partial charge in [0.15, 0.2) is 0 Å². The highest BCUT2D eigenvalue weighted by Gasteiger charge is 2.37. The normalized spacial score (nSPS) is 15.2. The quantitative estimate of drug-likeness (QED) is 0.705. The highest BCUT2D eigenvalue weighted by atomic mass is 32.2. The van der Waals surface area contributed by atoms with E-state index in [9.17, 15) is 23.9 Å². The summed E-state index contributed by atoms with van der Waals surface area (Å²) in [5.41, 5.74) is 1.05. The molecule has 0 aromatic heterocycles. The minimum Gasteiger partial charge on any atom is -0.395 e. The van der Waals surface area contributed by atoms with Gasteiger partial charge in [-0.15, -0.1) is 0 Å². The lowest BCUT2D eigenvalue weighted by Gasteiger charge is -2.24. The summed E-state index contributed by atoms with van der Waals surface area (Å²) in [5, 5.41) is 8.68. The number of imide groups is 1. The Balaban J connectivity index is 1.72. The number of aliphatic hydroxyl groups is 1. The van der Waals surface area contributed by atoms with Gasteiger partial charge in [0.2, 0.25) is 5.91 Å². The Morgan fingerprint density at radius 3 is 2.48 bits per heavy atom. The van der Waals surface area contributed by atoms with E-state index in [4.69, 9.17) is 0 Å². The van der Waals surface area contributed by atoms with Gasteiger partial charge in [0, 0.05) is 18.7 Å². The minimum atomic E-state index is -0.639. The molecule has 0 aliphatic carbocycles. The summed E-state index contributed by atoms with van der Waals surface area (Å²) < 4.78 is 13.8. The van der Waals surface area contributed by atoms with Crippen LogP contribution in [-0.4, -0.2) is 51.7 Å². The summed E-state index contributed by atoms with van der Waals surface area (Å²) in [6.07, 6.45) is 1.31. The number of aliphatic hydroxyl groups excluding tert-OH is 1. The van der Waals surface area contributed by atoms with Crippen molar-refractivity contribution < 1.29 is 23.9 Å². The van der Waals surface area contributed by atoms with Crippen molar-refractivity contribution in [2.45, 2.75) is 6.54 Å². The van der Waals surface area contributed by atoms with Gasteiger partial charge in [0.05, 0.1) is 11.5 Å². The number of amides is 3. The first-order chi connectivity index (χ1) is 14.0. The molecular formula is C21H19FN2O4S. The van der Waals surface area contributed by atoms with Crippen molar-refractivity contribution in [1.82, 2.24) is 9.80 Å². The van der Waals surface area contributed by atoms with Gasteiger partial charge in [-0.05, 0) is 29.5 Å². The first kappa shape index (κ1) is 20.8. The molecule has 0 atom stereocenters. The van der Waals surface area contributed by atoms with Gasteiger partial charge >= 0.3 is 0 Å². The van der Waals surface area contributed by atoms with E-state index in [2.05, 4.69) is 0 Å². The molecule has 150 valence electrons. The third-order valence-electron chi connectivity index (χ3n) is 4.30. The molecule has 0 spiro atoms. The fourth-order valence-corrected chi connectivity index (χ4v) is 3.65. The van der Waals surface area contributed by atoms with Crippen molar-refractivity contribution >= 4 is 34.9 Å². The Morgan fingerprint density at radius 1 is 1.10 bits per heavy atom. The number of hydrogen-bond acceptors (Lipinski definition) is 5. The summed E-state index contributed by atoms with van der Waals surface area (Å²) in [6.45, 7) is -0.351. The van der Waals surface area contributed by atoms with E-state index in [1.54, 1.807) is 6.07 Å². The van der Waals surface area contributed by atoms with Crippen molar-refractivity contribution in [2.75, 3.05) is 19.7 Å². The third kappa shape index (κ3) is 5.10. The summed E-state index contributed by atoms with van der Waals surface area (Å²) in [7, 11) is 0. The molecule has 6 nitrogen and oxygen atoms in total. The molecule has 2 aromatic carbocycles. The molecule has 3 rings (SSSR count). The highest BCUT2D eigenvalue weighted by Crippen LogP contribution is 2.32. The average molecular weight is 414 g/mol. The van der Waals surface area contributed by atoms with Gasteiger partial charge in [0.25, 0.3) is 11.1 Å². The smallest absolute Gasteiger partial charge is 0.294 e. The second kappa shape index (κ2) is 9.49. The number of carbonyl (C=O) groups excluding carboxylic acids is 3. The zero-order valence-electron chi connectivity index (χ0n) is 15.5. The SMILES string of the molecule is O=C(CN1C(=O)S/C(=C\c2ccccc2F)C1=O)N(CCO)Cc1ccccc1. The van der Waals surface area contributed by atoms with Gasteiger partial charge in [-0.1, -0.05) is 48.5 Å².